The molecule has 4 N–H and O–H groups in total. The molecule has 2 aromatic carbocycles. The maximum absolute atomic E-state index is 12.7. The predicted octanol–water partition coefficient (Wildman–Crippen LogP) is 2.63. The van der Waals surface area contributed by atoms with E-state index in [1.54, 1.807) is 18.2 Å². The van der Waals surface area contributed by atoms with Crippen molar-refractivity contribution in [1.29, 1.82) is 0 Å². The van der Waals surface area contributed by atoms with E-state index in [1.165, 1.54) is 35.0 Å². The van der Waals surface area contributed by atoms with Crippen LogP contribution in [0.2, 0.25) is 0 Å². The maximum Gasteiger partial charge on any atom is 0.573 e. The Hall–Kier alpha value is -5.14. The number of benzene rings is 2. The number of hydrogen-bond donors (Lipinski definition) is 4. The molecule has 3 aromatic heterocycles. The van der Waals surface area contributed by atoms with Gasteiger partial charge in [-0.05, 0) is 47.7 Å². The van der Waals surface area contributed by atoms with Gasteiger partial charge in [0.2, 0.25) is 11.8 Å². The number of alkyl halides is 3. The number of anilines is 1. The minimum atomic E-state index is -4.79. The number of aromatic nitrogens is 6. The lowest BCUT2D eigenvalue weighted by Gasteiger charge is -2.13. The molecule has 14 heteroatoms. The standard InChI is InChI=1S/C26H21F3N8O3/c27-26(28,29)40-18-6-3-5-14(10-18)19-7-2-1-4-15(19)12-30-23-34-21-16(11-20-22(38)35-25(39)33-20)13-31-37(21)24(36-23)32-17-8-9-17/h1-7,10-11,13,17,38H,8-9,12H2,(H,30,32,36)(H2,33,35,39). The van der Waals surface area contributed by atoms with E-state index in [1.807, 2.05) is 12.1 Å². The number of ether oxygens (including phenoxy) is 1. The first-order valence-corrected chi connectivity index (χ1v) is 12.2. The van der Waals surface area contributed by atoms with Crippen LogP contribution in [0.5, 0.6) is 11.6 Å². The molecule has 1 saturated carbocycles. The summed E-state index contributed by atoms with van der Waals surface area (Å²) in [6, 6.07) is 13.2. The highest BCUT2D eigenvalue weighted by Crippen LogP contribution is 2.30. The first kappa shape index (κ1) is 25.2. The number of halogens is 3. The highest BCUT2D eigenvalue weighted by Gasteiger charge is 2.31. The second kappa shape index (κ2) is 9.87. The third-order valence-electron chi connectivity index (χ3n) is 6.09. The summed E-state index contributed by atoms with van der Waals surface area (Å²) in [6.45, 7) is 0.249. The molecule has 40 heavy (non-hydrogen) atoms. The van der Waals surface area contributed by atoms with Crippen LogP contribution in [0.3, 0.4) is 0 Å². The maximum atomic E-state index is 12.7. The summed E-state index contributed by atoms with van der Waals surface area (Å²) in [4.78, 5) is 30.1. The van der Waals surface area contributed by atoms with Crippen molar-refractivity contribution in [3.05, 3.63) is 87.3 Å². The lowest BCUT2D eigenvalue weighted by Crippen LogP contribution is -2.24. The Balaban J connectivity index is 1.35. The SMILES string of the molecule is O=c1[nH]c(O)c(C=c2cnn3c(=NC4CC4)nc(NCc4ccccc4-c4cccc(OC(F)(F)F)c4)nc23)[nH]1. The Morgan fingerprint density at radius 3 is 2.73 bits per heavy atom. The highest BCUT2D eigenvalue weighted by molar-refractivity contribution is 5.69. The lowest BCUT2D eigenvalue weighted by atomic mass is 9.99. The van der Waals surface area contributed by atoms with Crippen molar-refractivity contribution in [1.82, 2.24) is 29.5 Å². The van der Waals surface area contributed by atoms with E-state index < -0.39 is 12.1 Å². The zero-order valence-corrected chi connectivity index (χ0v) is 20.6. The molecular weight excluding hydrogens is 529 g/mol. The van der Waals surface area contributed by atoms with E-state index in [0.717, 1.165) is 18.4 Å². The number of nitrogens with zero attached hydrogens (tertiary/aromatic N) is 5. The fourth-order valence-electron chi connectivity index (χ4n) is 4.15. The smallest absolute Gasteiger partial charge is 0.493 e. The Bertz CT molecular complexity index is 1890. The molecule has 1 aliphatic carbocycles. The van der Waals surface area contributed by atoms with Crippen LogP contribution < -0.4 is 26.6 Å². The van der Waals surface area contributed by atoms with Gasteiger partial charge in [0.05, 0.1) is 12.2 Å². The molecule has 0 spiro atoms. The van der Waals surface area contributed by atoms with E-state index >= 15 is 0 Å². The zero-order chi connectivity index (χ0) is 27.9. The van der Waals surface area contributed by atoms with Crippen molar-refractivity contribution in [2.24, 2.45) is 4.99 Å². The van der Waals surface area contributed by atoms with Crippen LogP contribution in [0.25, 0.3) is 22.9 Å². The number of imidazole rings is 1. The summed E-state index contributed by atoms with van der Waals surface area (Å²) < 4.78 is 43.8. The number of nitrogens with one attached hydrogen (secondary N) is 3. The summed E-state index contributed by atoms with van der Waals surface area (Å²) in [5.41, 5.74) is 2.38. The van der Waals surface area contributed by atoms with Gasteiger partial charge in [-0.25, -0.2) is 9.79 Å². The fraction of sp³-hybridized carbons (Fsp3) is 0.192. The van der Waals surface area contributed by atoms with Crippen molar-refractivity contribution < 1.29 is 23.0 Å². The molecule has 11 nitrogen and oxygen atoms in total. The highest BCUT2D eigenvalue weighted by atomic mass is 19.4. The fourth-order valence-corrected chi connectivity index (χ4v) is 4.15. The van der Waals surface area contributed by atoms with Crippen LogP contribution >= 0.6 is 0 Å². The van der Waals surface area contributed by atoms with Gasteiger partial charge in [0.25, 0.3) is 5.62 Å². The van der Waals surface area contributed by atoms with Gasteiger partial charge in [0.15, 0.2) is 5.65 Å². The second-order valence-corrected chi connectivity index (χ2v) is 9.11. The summed E-state index contributed by atoms with van der Waals surface area (Å²) in [7, 11) is 0. The van der Waals surface area contributed by atoms with Crippen LogP contribution in [-0.2, 0) is 6.54 Å². The number of aromatic amines is 2. The van der Waals surface area contributed by atoms with Crippen LogP contribution in [0.15, 0.2) is 64.5 Å². The summed E-state index contributed by atoms with van der Waals surface area (Å²) in [5, 5.41) is 18.0. The van der Waals surface area contributed by atoms with Crippen molar-refractivity contribution in [2.45, 2.75) is 31.8 Å². The average molecular weight is 551 g/mol. The van der Waals surface area contributed by atoms with E-state index in [4.69, 9.17) is 0 Å². The number of rotatable bonds is 7. The largest absolute Gasteiger partial charge is 0.573 e. The molecule has 204 valence electrons. The Labute approximate surface area is 222 Å². The van der Waals surface area contributed by atoms with E-state index in [0.29, 0.717) is 27.6 Å². The number of H-pyrrole nitrogens is 2. The molecule has 0 unspecified atom stereocenters. The molecule has 5 aromatic rings. The van der Waals surface area contributed by atoms with Crippen LogP contribution in [0.4, 0.5) is 19.1 Å². The van der Waals surface area contributed by atoms with Gasteiger partial charge in [0.1, 0.15) is 11.4 Å². The minimum absolute atomic E-state index is 0.138. The Morgan fingerprint density at radius 2 is 1.98 bits per heavy atom. The topological polar surface area (TPSA) is 146 Å². The third-order valence-corrected chi connectivity index (χ3v) is 6.09. The van der Waals surface area contributed by atoms with Crippen molar-refractivity contribution in [3.8, 4) is 22.8 Å². The second-order valence-electron chi connectivity index (χ2n) is 9.11. The van der Waals surface area contributed by atoms with Gasteiger partial charge < -0.3 is 20.1 Å². The zero-order valence-electron chi connectivity index (χ0n) is 20.6. The van der Waals surface area contributed by atoms with Crippen molar-refractivity contribution in [3.63, 3.8) is 0 Å². The molecule has 0 radical (unpaired) electrons. The van der Waals surface area contributed by atoms with Crippen LogP contribution in [0.1, 0.15) is 24.1 Å². The molecule has 3 heterocycles. The Morgan fingerprint density at radius 1 is 1.15 bits per heavy atom. The average Bonchev–Trinajstić information content (AvgIpc) is 3.54. The van der Waals surface area contributed by atoms with Gasteiger partial charge >= 0.3 is 12.1 Å². The molecular formula is C26H21F3N8O3. The summed E-state index contributed by atoms with van der Waals surface area (Å²) in [5.74, 6) is -0.383. The molecule has 0 aliphatic heterocycles. The predicted molar refractivity (Wildman–Crippen MR) is 137 cm³/mol. The number of aromatic hydroxyl groups is 1. The molecule has 1 fully saturated rings. The molecule has 0 amide bonds. The van der Waals surface area contributed by atoms with E-state index in [9.17, 15) is 23.1 Å². The third kappa shape index (κ3) is 5.50. The normalized spacial score (nSPS) is 14.7. The van der Waals surface area contributed by atoms with Gasteiger partial charge in [-0.15, -0.1) is 13.2 Å². The van der Waals surface area contributed by atoms with Gasteiger partial charge in [-0.3, -0.25) is 4.98 Å². The van der Waals surface area contributed by atoms with Crippen LogP contribution in [-0.4, -0.2) is 47.1 Å². The monoisotopic (exact) mass is 550 g/mol. The van der Waals surface area contributed by atoms with E-state index in [-0.39, 0.29) is 35.9 Å². The first-order valence-electron chi connectivity index (χ1n) is 12.2. The van der Waals surface area contributed by atoms with Crippen LogP contribution in [0, 0.1) is 0 Å². The van der Waals surface area contributed by atoms with Crippen molar-refractivity contribution in [2.75, 3.05) is 5.32 Å². The van der Waals surface area contributed by atoms with Gasteiger partial charge in [-0.2, -0.15) is 19.6 Å². The first-order chi connectivity index (χ1) is 19.2. The van der Waals surface area contributed by atoms with Gasteiger partial charge in [-0.1, -0.05) is 36.4 Å². The summed E-state index contributed by atoms with van der Waals surface area (Å²) in [6.07, 6.45) is 0.140. The Kier molecular flexibility index (Phi) is 6.21. The molecule has 0 saturated heterocycles. The summed E-state index contributed by atoms with van der Waals surface area (Å²) >= 11 is 0. The number of fused-ring (bicyclic) bond motifs is 1. The molecule has 0 atom stereocenters. The van der Waals surface area contributed by atoms with E-state index in [2.05, 4.69) is 40.1 Å². The molecule has 0 bridgehead atoms. The van der Waals surface area contributed by atoms with Gasteiger partial charge in [0, 0.05) is 11.8 Å². The molecule has 6 rings (SSSR count). The number of hydrogen-bond acceptors (Lipinski definition) is 8. The quantitative estimate of drug-likeness (QED) is 0.244. The minimum Gasteiger partial charge on any atom is -0.493 e. The van der Waals surface area contributed by atoms with Crippen molar-refractivity contribution >= 4 is 17.7 Å². The molecule has 1 aliphatic rings. The lowest BCUT2D eigenvalue weighted by molar-refractivity contribution is -0.274.